The van der Waals surface area contributed by atoms with Gasteiger partial charge in [0.2, 0.25) is 0 Å². The highest BCUT2D eigenvalue weighted by atomic mass is 31.2. The maximum Gasteiger partial charge on any atom is 0.472 e. The van der Waals surface area contributed by atoms with Crippen molar-refractivity contribution < 1.29 is 42.1 Å². The quantitative estimate of drug-likeness (QED) is 0.0211. The third-order valence-electron chi connectivity index (χ3n) is 13.2. The number of ether oxygens (including phenoxy) is 2. The van der Waals surface area contributed by atoms with Crippen LogP contribution in [0.15, 0.2) is 134 Å². The van der Waals surface area contributed by atoms with E-state index in [0.717, 1.165) is 116 Å². The van der Waals surface area contributed by atoms with Crippen LogP contribution in [0.2, 0.25) is 0 Å². The average Bonchev–Trinajstić information content (AvgIpc) is 3.42. The van der Waals surface area contributed by atoms with E-state index in [4.69, 9.17) is 18.5 Å². The van der Waals surface area contributed by atoms with E-state index >= 15 is 0 Å². The number of quaternary nitrogens is 1. The standard InChI is InChI=1S/C70H118NO8P/c1-6-8-10-12-14-16-18-20-22-24-26-28-30-32-34-35-37-39-41-43-45-47-49-51-53-55-57-59-61-63-70(73)79-68(67-78-80(74,75)77-65-64-71(3,4)5)66-76-69(72)62-60-58-56-54-52-50-48-46-44-42-40-38-36-33-31-29-27-25-23-21-19-17-15-13-11-9-7-2/h8-11,14-17,20-23,26-29,32-34,36-37,39,68H,6-7,12-13,18-19,24-25,30-31,35,38,40-67H2,1-5H3/p+1/b10-8-,11-9-,16-14-,17-15-,22-20-,23-21-,28-26-,29-27-,34-32-,36-33-,39-37-. The molecule has 0 amide bonds. The number of unbranched alkanes of at least 4 members (excludes halogenated alkanes) is 21. The first-order chi connectivity index (χ1) is 39.0. The smallest absolute Gasteiger partial charge is 0.462 e. The molecule has 0 bridgehead atoms. The van der Waals surface area contributed by atoms with Crippen molar-refractivity contribution in [2.45, 2.75) is 251 Å². The summed E-state index contributed by atoms with van der Waals surface area (Å²) < 4.78 is 34.7. The Bertz CT molecular complexity index is 1810. The fourth-order valence-corrected chi connectivity index (χ4v) is 9.08. The first-order valence-corrected chi connectivity index (χ1v) is 33.4. The van der Waals surface area contributed by atoms with E-state index < -0.39 is 26.5 Å². The Hall–Kier alpha value is -3.85. The van der Waals surface area contributed by atoms with Gasteiger partial charge in [0.1, 0.15) is 19.8 Å². The highest BCUT2D eigenvalue weighted by Crippen LogP contribution is 2.43. The minimum Gasteiger partial charge on any atom is -0.462 e. The number of allylic oxidation sites excluding steroid dienone is 22. The summed E-state index contributed by atoms with van der Waals surface area (Å²) in [6.45, 7) is 4.20. The summed E-state index contributed by atoms with van der Waals surface area (Å²) in [4.78, 5) is 35.8. The molecular formula is C70H119NO8P+. The van der Waals surface area contributed by atoms with Crippen LogP contribution in [-0.2, 0) is 32.7 Å². The van der Waals surface area contributed by atoms with Gasteiger partial charge < -0.3 is 18.9 Å². The Morgan fingerprint density at radius 2 is 0.675 bits per heavy atom. The number of esters is 2. The molecular weight excluding hydrogens is 1010 g/mol. The zero-order valence-corrected chi connectivity index (χ0v) is 52.7. The molecule has 10 heteroatoms. The molecule has 0 aliphatic rings. The Morgan fingerprint density at radius 1 is 0.388 bits per heavy atom. The van der Waals surface area contributed by atoms with Crippen LogP contribution in [0.3, 0.4) is 0 Å². The summed E-state index contributed by atoms with van der Waals surface area (Å²) in [5.74, 6) is -0.811. The Kier molecular flexibility index (Phi) is 56.9. The van der Waals surface area contributed by atoms with Gasteiger partial charge in [-0.2, -0.15) is 0 Å². The van der Waals surface area contributed by atoms with Crippen LogP contribution >= 0.6 is 7.82 Å². The molecule has 80 heavy (non-hydrogen) atoms. The van der Waals surface area contributed by atoms with Crippen LogP contribution in [0.25, 0.3) is 0 Å². The van der Waals surface area contributed by atoms with Gasteiger partial charge in [-0.05, 0) is 109 Å². The molecule has 0 aliphatic carbocycles. The second-order valence-corrected chi connectivity index (χ2v) is 23.5. The van der Waals surface area contributed by atoms with Crippen LogP contribution < -0.4 is 0 Å². The molecule has 0 aliphatic heterocycles. The fourth-order valence-electron chi connectivity index (χ4n) is 8.34. The van der Waals surface area contributed by atoms with Gasteiger partial charge in [-0.3, -0.25) is 18.6 Å². The van der Waals surface area contributed by atoms with Gasteiger partial charge in [0, 0.05) is 12.8 Å². The van der Waals surface area contributed by atoms with Gasteiger partial charge in [0.05, 0.1) is 27.7 Å². The Morgan fingerprint density at radius 3 is 1.00 bits per heavy atom. The van der Waals surface area contributed by atoms with Crippen molar-refractivity contribution in [1.29, 1.82) is 0 Å². The van der Waals surface area contributed by atoms with Crippen molar-refractivity contribution in [3.63, 3.8) is 0 Å². The largest absolute Gasteiger partial charge is 0.472 e. The lowest BCUT2D eigenvalue weighted by Gasteiger charge is -2.24. The van der Waals surface area contributed by atoms with Gasteiger partial charge in [-0.25, -0.2) is 4.57 Å². The van der Waals surface area contributed by atoms with Gasteiger partial charge in [0.15, 0.2) is 6.10 Å². The third kappa shape index (κ3) is 63.3. The number of nitrogens with zero attached hydrogens (tertiary/aromatic N) is 1. The molecule has 0 saturated carbocycles. The highest BCUT2D eigenvalue weighted by Gasteiger charge is 2.27. The van der Waals surface area contributed by atoms with Crippen LogP contribution in [0.4, 0.5) is 0 Å². The first kappa shape index (κ1) is 76.1. The SMILES string of the molecule is CC/C=C\C/C=C\C/C=C\C/C=C\C/C=C\C/C=C\CCCCCCCCCCCCC(=O)OC(COC(=O)CCCCCCCCCCCCC/C=C\C/C=C\C/C=C\C/C=C\C/C=C\CC)COP(=O)(O)OCC[N+](C)(C)C. The molecule has 0 fully saturated rings. The Labute approximate surface area is 491 Å². The van der Waals surface area contributed by atoms with Crippen molar-refractivity contribution in [1.82, 2.24) is 0 Å². The molecule has 0 radical (unpaired) electrons. The molecule has 0 aromatic heterocycles. The lowest BCUT2D eigenvalue weighted by atomic mass is 10.0. The van der Waals surface area contributed by atoms with Crippen LogP contribution in [0.5, 0.6) is 0 Å². The number of phosphoric acid groups is 1. The zero-order chi connectivity index (χ0) is 58.4. The van der Waals surface area contributed by atoms with Crippen molar-refractivity contribution >= 4 is 19.8 Å². The molecule has 2 unspecified atom stereocenters. The molecule has 0 rings (SSSR count). The Balaban J connectivity index is 4.16. The second-order valence-electron chi connectivity index (χ2n) is 22.0. The average molecular weight is 1130 g/mol. The van der Waals surface area contributed by atoms with Crippen LogP contribution in [0, 0.1) is 0 Å². The van der Waals surface area contributed by atoms with E-state index in [0.29, 0.717) is 17.4 Å². The van der Waals surface area contributed by atoms with E-state index in [1.165, 1.54) is 96.3 Å². The van der Waals surface area contributed by atoms with E-state index in [1.807, 2.05) is 21.1 Å². The lowest BCUT2D eigenvalue weighted by molar-refractivity contribution is -0.870. The molecule has 1 N–H and O–H groups in total. The first-order valence-electron chi connectivity index (χ1n) is 31.9. The molecule has 2 atom stereocenters. The monoisotopic (exact) mass is 1130 g/mol. The molecule has 0 aromatic carbocycles. The molecule has 0 heterocycles. The van der Waals surface area contributed by atoms with Crippen LogP contribution in [0.1, 0.15) is 245 Å². The summed E-state index contributed by atoms with van der Waals surface area (Å²) in [5, 5.41) is 0. The number of rotatable bonds is 57. The minimum absolute atomic E-state index is 0.0237. The normalized spacial score (nSPS) is 14.1. The number of hydrogen-bond acceptors (Lipinski definition) is 7. The minimum atomic E-state index is -4.40. The predicted octanol–water partition coefficient (Wildman–Crippen LogP) is 20.5. The summed E-state index contributed by atoms with van der Waals surface area (Å²) in [5.41, 5.74) is 0. The van der Waals surface area contributed by atoms with E-state index in [-0.39, 0.29) is 32.0 Å². The van der Waals surface area contributed by atoms with Crippen molar-refractivity contribution in [2.75, 3.05) is 47.5 Å². The van der Waals surface area contributed by atoms with Gasteiger partial charge in [0.25, 0.3) is 0 Å². The maximum absolute atomic E-state index is 12.9. The molecule has 0 aromatic rings. The van der Waals surface area contributed by atoms with Crippen LogP contribution in [-0.4, -0.2) is 74.9 Å². The van der Waals surface area contributed by atoms with E-state index in [1.54, 1.807) is 0 Å². The fraction of sp³-hybridized carbons (Fsp3) is 0.657. The number of carbonyl (C=O) groups excluding carboxylic acids is 2. The van der Waals surface area contributed by atoms with Crippen molar-refractivity contribution in [2.24, 2.45) is 0 Å². The van der Waals surface area contributed by atoms with Gasteiger partial charge >= 0.3 is 19.8 Å². The number of likely N-dealkylation sites (N-methyl/N-ethyl adjacent to an activating group) is 1. The molecule has 456 valence electrons. The second kappa shape index (κ2) is 59.8. The summed E-state index contributed by atoms with van der Waals surface area (Å²) in [6, 6.07) is 0. The highest BCUT2D eigenvalue weighted by molar-refractivity contribution is 7.47. The number of phosphoric ester groups is 1. The summed E-state index contributed by atoms with van der Waals surface area (Å²) >= 11 is 0. The molecule has 9 nitrogen and oxygen atoms in total. The topological polar surface area (TPSA) is 108 Å². The van der Waals surface area contributed by atoms with Gasteiger partial charge in [-0.1, -0.05) is 257 Å². The summed E-state index contributed by atoms with van der Waals surface area (Å²) in [7, 11) is 1.46. The van der Waals surface area contributed by atoms with Crippen molar-refractivity contribution in [3.8, 4) is 0 Å². The summed E-state index contributed by atoms with van der Waals surface area (Å²) in [6.07, 6.45) is 86.7. The van der Waals surface area contributed by atoms with Gasteiger partial charge in [-0.15, -0.1) is 0 Å². The van der Waals surface area contributed by atoms with E-state index in [2.05, 4.69) is 148 Å². The molecule has 0 saturated heterocycles. The number of carbonyl (C=O) groups is 2. The predicted molar refractivity (Wildman–Crippen MR) is 344 cm³/mol. The third-order valence-corrected chi connectivity index (χ3v) is 14.2. The van der Waals surface area contributed by atoms with E-state index in [9.17, 15) is 19.0 Å². The number of hydrogen-bond donors (Lipinski definition) is 1. The maximum atomic E-state index is 12.9. The zero-order valence-electron chi connectivity index (χ0n) is 51.8. The molecule has 0 spiro atoms. The lowest BCUT2D eigenvalue weighted by Crippen LogP contribution is -2.37. The van der Waals surface area contributed by atoms with Crippen molar-refractivity contribution in [3.05, 3.63) is 134 Å².